The summed E-state index contributed by atoms with van der Waals surface area (Å²) in [5, 5.41) is 0. The van der Waals surface area contributed by atoms with Gasteiger partial charge in [0.2, 0.25) is 0 Å². The summed E-state index contributed by atoms with van der Waals surface area (Å²) in [6.07, 6.45) is 4.86. The fourth-order valence-electron chi connectivity index (χ4n) is 3.20. The van der Waals surface area contributed by atoms with Gasteiger partial charge in [0.05, 0.1) is 18.4 Å². The van der Waals surface area contributed by atoms with Crippen LogP contribution in [0.3, 0.4) is 0 Å². The predicted molar refractivity (Wildman–Crippen MR) is 85.6 cm³/mol. The van der Waals surface area contributed by atoms with Crippen molar-refractivity contribution in [3.8, 4) is 17.0 Å². The summed E-state index contributed by atoms with van der Waals surface area (Å²) in [7, 11) is 1.62. The number of ether oxygens (including phenoxy) is 1. The number of methoxy groups -OCH3 is 1. The zero-order chi connectivity index (χ0) is 15.5. The first-order chi connectivity index (χ1) is 10.7. The Bertz CT molecular complexity index is 742. The highest BCUT2D eigenvalue weighted by atomic mass is 16.5. The lowest BCUT2D eigenvalue weighted by atomic mass is 10.1. The quantitative estimate of drug-likeness (QED) is 0.812. The molecule has 3 rings (SSSR count). The van der Waals surface area contributed by atoms with Gasteiger partial charge in [-0.3, -0.25) is 9.59 Å². The van der Waals surface area contributed by atoms with Crippen molar-refractivity contribution in [1.29, 1.82) is 0 Å². The molecule has 0 atom stereocenters. The molecule has 0 N–H and O–H groups in total. The lowest BCUT2D eigenvalue weighted by Crippen LogP contribution is -2.27. The van der Waals surface area contributed by atoms with Crippen LogP contribution in [-0.4, -0.2) is 18.0 Å². The number of rotatable bonds is 4. The molecule has 1 saturated carbocycles. The third-order valence-corrected chi connectivity index (χ3v) is 4.33. The van der Waals surface area contributed by atoms with Crippen molar-refractivity contribution in [2.24, 2.45) is 0 Å². The maximum Gasteiger partial charge on any atom is 0.261 e. The molecule has 1 aromatic heterocycles. The third kappa shape index (κ3) is 2.56. The van der Waals surface area contributed by atoms with Crippen LogP contribution in [0.25, 0.3) is 11.3 Å². The normalized spacial score (nSPS) is 15.0. The van der Waals surface area contributed by atoms with Gasteiger partial charge < -0.3 is 9.30 Å². The summed E-state index contributed by atoms with van der Waals surface area (Å²) < 4.78 is 7.07. The second-order valence-electron chi connectivity index (χ2n) is 5.64. The van der Waals surface area contributed by atoms with Gasteiger partial charge in [0.1, 0.15) is 5.75 Å². The Morgan fingerprint density at radius 2 is 1.95 bits per heavy atom. The molecule has 0 saturated heterocycles. The first-order valence-electron chi connectivity index (χ1n) is 7.59. The zero-order valence-corrected chi connectivity index (χ0v) is 12.6. The van der Waals surface area contributed by atoms with Crippen LogP contribution >= 0.6 is 0 Å². The predicted octanol–water partition coefficient (Wildman–Crippen LogP) is 3.45. The lowest BCUT2D eigenvalue weighted by molar-refractivity contribution is 0.112. The zero-order valence-electron chi connectivity index (χ0n) is 12.6. The van der Waals surface area contributed by atoms with Crippen LogP contribution in [0.5, 0.6) is 5.75 Å². The van der Waals surface area contributed by atoms with E-state index in [-0.39, 0.29) is 17.2 Å². The number of hydrogen-bond donors (Lipinski definition) is 0. The number of pyridine rings is 1. The van der Waals surface area contributed by atoms with Gasteiger partial charge in [-0.25, -0.2) is 0 Å². The van der Waals surface area contributed by atoms with Crippen molar-refractivity contribution < 1.29 is 9.53 Å². The van der Waals surface area contributed by atoms with Crippen LogP contribution in [0.15, 0.2) is 41.2 Å². The molecular weight excluding hydrogens is 278 g/mol. The molecule has 0 unspecified atom stereocenters. The van der Waals surface area contributed by atoms with Crippen molar-refractivity contribution in [2.75, 3.05) is 7.11 Å². The minimum absolute atomic E-state index is 0.175. The highest BCUT2D eigenvalue weighted by molar-refractivity contribution is 5.75. The summed E-state index contributed by atoms with van der Waals surface area (Å²) in [6.45, 7) is 0. The van der Waals surface area contributed by atoms with Crippen molar-refractivity contribution in [3.63, 3.8) is 0 Å². The van der Waals surface area contributed by atoms with Gasteiger partial charge in [0.15, 0.2) is 6.29 Å². The van der Waals surface area contributed by atoms with E-state index in [2.05, 4.69) is 0 Å². The maximum absolute atomic E-state index is 12.6. The number of aldehydes is 1. The minimum atomic E-state index is -0.192. The fraction of sp³-hybridized carbons (Fsp3) is 0.333. The van der Waals surface area contributed by atoms with E-state index in [0.717, 1.165) is 42.7 Å². The highest BCUT2D eigenvalue weighted by Gasteiger charge is 2.22. The number of nitrogens with zero attached hydrogens (tertiary/aromatic N) is 1. The lowest BCUT2D eigenvalue weighted by Gasteiger charge is -2.20. The molecular formula is C18H19NO3. The molecule has 4 heteroatoms. The largest absolute Gasteiger partial charge is 0.497 e. The van der Waals surface area contributed by atoms with Gasteiger partial charge in [-0.15, -0.1) is 0 Å². The first kappa shape index (κ1) is 14.6. The Labute approximate surface area is 129 Å². The Kier molecular flexibility index (Phi) is 4.09. The van der Waals surface area contributed by atoms with Gasteiger partial charge in [0, 0.05) is 11.6 Å². The van der Waals surface area contributed by atoms with Gasteiger partial charge >= 0.3 is 0 Å². The topological polar surface area (TPSA) is 48.3 Å². The summed E-state index contributed by atoms with van der Waals surface area (Å²) in [4.78, 5) is 23.7. The number of carbonyl (C=O) groups is 1. The molecule has 0 spiro atoms. The Morgan fingerprint density at radius 1 is 1.18 bits per heavy atom. The summed E-state index contributed by atoms with van der Waals surface area (Å²) in [5.41, 5.74) is 1.81. The molecule has 1 heterocycles. The molecule has 1 fully saturated rings. The van der Waals surface area contributed by atoms with Crippen LogP contribution in [0.2, 0.25) is 0 Å². The second-order valence-corrected chi connectivity index (χ2v) is 5.64. The van der Waals surface area contributed by atoms with Crippen molar-refractivity contribution in [1.82, 2.24) is 4.57 Å². The number of hydrogen-bond acceptors (Lipinski definition) is 3. The van der Waals surface area contributed by atoms with Gasteiger partial charge in [-0.1, -0.05) is 25.0 Å². The Hall–Kier alpha value is -2.36. The fourth-order valence-corrected chi connectivity index (χ4v) is 3.20. The number of benzene rings is 1. The molecule has 1 aromatic carbocycles. The summed E-state index contributed by atoms with van der Waals surface area (Å²) >= 11 is 0. The standard InChI is InChI=1S/C18H19NO3/c1-22-16-8-4-5-13(11-16)17-10-9-14(12-20)18(21)19(17)15-6-2-3-7-15/h4-5,8-12,15H,2-3,6-7H2,1H3. The van der Waals surface area contributed by atoms with Crippen molar-refractivity contribution >= 4 is 6.29 Å². The average molecular weight is 297 g/mol. The molecule has 1 aliphatic rings. The van der Waals surface area contributed by atoms with Crippen molar-refractivity contribution in [3.05, 3.63) is 52.3 Å². The molecule has 22 heavy (non-hydrogen) atoms. The SMILES string of the molecule is COc1cccc(-c2ccc(C=O)c(=O)n2C2CCCC2)c1. The molecule has 2 aromatic rings. The molecule has 0 amide bonds. The first-order valence-corrected chi connectivity index (χ1v) is 7.59. The van der Waals surface area contributed by atoms with E-state index in [4.69, 9.17) is 4.74 Å². The highest BCUT2D eigenvalue weighted by Crippen LogP contribution is 2.33. The molecule has 1 aliphatic carbocycles. The van der Waals surface area contributed by atoms with E-state index in [1.807, 2.05) is 30.3 Å². The Morgan fingerprint density at radius 3 is 2.64 bits per heavy atom. The van der Waals surface area contributed by atoms with Crippen LogP contribution in [0, 0.1) is 0 Å². The summed E-state index contributed by atoms with van der Waals surface area (Å²) in [6, 6.07) is 11.3. The van der Waals surface area contributed by atoms with E-state index in [1.54, 1.807) is 17.7 Å². The molecule has 0 radical (unpaired) electrons. The van der Waals surface area contributed by atoms with Crippen LogP contribution in [-0.2, 0) is 0 Å². The van der Waals surface area contributed by atoms with E-state index >= 15 is 0 Å². The molecule has 0 bridgehead atoms. The maximum atomic E-state index is 12.6. The number of aromatic nitrogens is 1. The number of carbonyl (C=O) groups excluding carboxylic acids is 1. The molecule has 114 valence electrons. The smallest absolute Gasteiger partial charge is 0.261 e. The van der Waals surface area contributed by atoms with Crippen LogP contribution < -0.4 is 10.3 Å². The monoisotopic (exact) mass is 297 g/mol. The molecule has 0 aliphatic heterocycles. The Balaban J connectivity index is 2.19. The van der Waals surface area contributed by atoms with Crippen LogP contribution in [0.4, 0.5) is 0 Å². The van der Waals surface area contributed by atoms with E-state index < -0.39 is 0 Å². The second kappa shape index (κ2) is 6.18. The van der Waals surface area contributed by atoms with Crippen molar-refractivity contribution in [2.45, 2.75) is 31.7 Å². The van der Waals surface area contributed by atoms with Crippen LogP contribution in [0.1, 0.15) is 42.1 Å². The van der Waals surface area contributed by atoms with Gasteiger partial charge in [0.25, 0.3) is 5.56 Å². The third-order valence-electron chi connectivity index (χ3n) is 4.33. The van der Waals surface area contributed by atoms with Gasteiger partial charge in [-0.2, -0.15) is 0 Å². The van der Waals surface area contributed by atoms with E-state index in [9.17, 15) is 9.59 Å². The average Bonchev–Trinajstić information content (AvgIpc) is 3.08. The van der Waals surface area contributed by atoms with E-state index in [1.165, 1.54) is 0 Å². The minimum Gasteiger partial charge on any atom is -0.497 e. The van der Waals surface area contributed by atoms with Gasteiger partial charge in [-0.05, 0) is 37.1 Å². The molecule has 4 nitrogen and oxygen atoms in total. The van der Waals surface area contributed by atoms with E-state index in [0.29, 0.717) is 6.29 Å². The summed E-state index contributed by atoms with van der Waals surface area (Å²) in [5.74, 6) is 0.752.